The second-order valence-electron chi connectivity index (χ2n) is 7.63. The lowest BCUT2D eigenvalue weighted by Gasteiger charge is -2.28. The topological polar surface area (TPSA) is 18.5 Å². The monoisotopic (exact) mass is 484 g/mol. The Morgan fingerprint density at radius 1 is 0.857 bits per heavy atom. The maximum atomic E-state index is 6.18. The van der Waals surface area contributed by atoms with Gasteiger partial charge in [-0.3, -0.25) is 0 Å². The first-order valence-corrected chi connectivity index (χ1v) is 18.3. The summed E-state index contributed by atoms with van der Waals surface area (Å²) in [5.74, 6) is 7.52. The highest BCUT2D eigenvalue weighted by Crippen LogP contribution is 2.55. The van der Waals surface area contributed by atoms with Gasteiger partial charge < -0.3 is 9.05 Å². The van der Waals surface area contributed by atoms with Gasteiger partial charge in [-0.25, -0.2) is 0 Å². The molecular weight excluding hydrogens is 439 g/mol. The first-order chi connectivity index (χ1) is 13.5. The maximum absolute atomic E-state index is 6.18. The molecule has 0 aliphatic rings. The van der Waals surface area contributed by atoms with Crippen molar-refractivity contribution in [3.8, 4) is 11.8 Å². The van der Waals surface area contributed by atoms with Crippen molar-refractivity contribution in [2.75, 3.05) is 0 Å². The minimum atomic E-state index is -0.501. The molecule has 0 saturated carbocycles. The van der Waals surface area contributed by atoms with E-state index in [1.54, 1.807) is 0 Å². The maximum Gasteiger partial charge on any atom is 0.0891 e. The fourth-order valence-electron chi connectivity index (χ4n) is 3.06. The molecule has 0 fully saturated rings. The zero-order valence-electron chi connectivity index (χ0n) is 18.4. The van der Waals surface area contributed by atoms with E-state index < -0.39 is 7.53 Å². The Labute approximate surface area is 186 Å². The predicted octanol–water partition coefficient (Wildman–Crippen LogP) is 8.87. The molecule has 0 aliphatic carbocycles. The molecule has 7 heteroatoms. The summed E-state index contributed by atoms with van der Waals surface area (Å²) >= 11 is 0. The molecular formula is C21H45O2P5. The van der Waals surface area contributed by atoms with Crippen molar-refractivity contribution in [1.29, 1.82) is 0 Å². The van der Waals surface area contributed by atoms with Crippen LogP contribution in [0.1, 0.15) is 104 Å². The lowest BCUT2D eigenvalue weighted by atomic mass is 10.0. The molecule has 0 rings (SSSR count). The largest absolute Gasteiger partial charge is 0.353 e. The molecule has 2 nitrogen and oxygen atoms in total. The van der Waals surface area contributed by atoms with Crippen molar-refractivity contribution in [2.45, 2.75) is 116 Å². The Morgan fingerprint density at radius 2 is 1.50 bits per heavy atom. The molecule has 0 heterocycles. The Balaban J connectivity index is 3.94. The third-order valence-corrected chi connectivity index (χ3v) is 7.20. The summed E-state index contributed by atoms with van der Waals surface area (Å²) in [6.45, 7) is 6.82. The van der Waals surface area contributed by atoms with E-state index >= 15 is 0 Å². The molecule has 0 spiro atoms. The standard InChI is InChI=1S/C21H45O2P5/c1-4-6-17-21(23-28(25)26)20(22-27-24)18-15-13-11-9-7-8-10-12-14-16-19(3)5-2/h19-21,27H,4-9,11,13-18,24-26H2,1-3H3. The molecule has 0 aliphatic heterocycles. The van der Waals surface area contributed by atoms with E-state index in [0.717, 1.165) is 31.6 Å². The molecule has 0 aromatic carbocycles. The smallest absolute Gasteiger partial charge is 0.0891 e. The van der Waals surface area contributed by atoms with Crippen LogP contribution in [0.25, 0.3) is 0 Å². The van der Waals surface area contributed by atoms with Gasteiger partial charge in [0.15, 0.2) is 0 Å². The fourth-order valence-corrected chi connectivity index (χ4v) is 5.53. The number of hydrogen-bond acceptors (Lipinski definition) is 2. The van der Waals surface area contributed by atoms with E-state index in [1.165, 1.54) is 57.8 Å². The summed E-state index contributed by atoms with van der Waals surface area (Å²) < 4.78 is 12.2. The third-order valence-electron chi connectivity index (χ3n) is 5.11. The van der Waals surface area contributed by atoms with Crippen LogP contribution in [-0.4, -0.2) is 12.2 Å². The first-order valence-electron chi connectivity index (χ1n) is 11.1. The summed E-state index contributed by atoms with van der Waals surface area (Å²) in [6.07, 6.45) is 16.2. The minimum Gasteiger partial charge on any atom is -0.353 e. The van der Waals surface area contributed by atoms with Crippen LogP contribution in [0.15, 0.2) is 0 Å². The fraction of sp³-hybridized carbons (Fsp3) is 0.905. The van der Waals surface area contributed by atoms with Crippen LogP contribution < -0.4 is 0 Å². The SMILES string of the molecule is CCCCC(OP(P)P)C(CCCCCCCC#CCCC(C)CC)OPP. The molecule has 0 amide bonds. The van der Waals surface area contributed by atoms with E-state index in [1.807, 2.05) is 0 Å². The Hall–Kier alpha value is 1.63. The first kappa shape index (κ1) is 29.6. The number of unbranched alkanes of at least 4 members (excludes halogenated alkanes) is 6. The van der Waals surface area contributed by atoms with Crippen LogP contribution in [0.2, 0.25) is 0 Å². The molecule has 7 atom stereocenters. The zero-order chi connectivity index (χ0) is 21.0. The predicted molar refractivity (Wildman–Crippen MR) is 142 cm³/mol. The van der Waals surface area contributed by atoms with E-state index in [-0.39, 0.29) is 12.2 Å². The van der Waals surface area contributed by atoms with Gasteiger partial charge in [0.05, 0.1) is 19.7 Å². The minimum absolute atomic E-state index is 0.236. The van der Waals surface area contributed by atoms with Crippen LogP contribution in [-0.2, 0) is 9.05 Å². The van der Waals surface area contributed by atoms with Crippen molar-refractivity contribution in [3.63, 3.8) is 0 Å². The molecule has 0 aromatic heterocycles. The summed E-state index contributed by atoms with van der Waals surface area (Å²) in [7, 11) is 8.24. The van der Waals surface area contributed by atoms with E-state index in [9.17, 15) is 0 Å². The van der Waals surface area contributed by atoms with Crippen molar-refractivity contribution >= 4 is 42.8 Å². The molecule has 7 unspecified atom stereocenters. The van der Waals surface area contributed by atoms with Gasteiger partial charge in [-0.15, -0.1) is 11.8 Å². The highest BCUT2D eigenvalue weighted by molar-refractivity contribution is 8.41. The van der Waals surface area contributed by atoms with Gasteiger partial charge in [0.25, 0.3) is 0 Å². The van der Waals surface area contributed by atoms with Gasteiger partial charge in [0.1, 0.15) is 0 Å². The van der Waals surface area contributed by atoms with E-state index in [2.05, 4.69) is 59.4 Å². The second-order valence-corrected chi connectivity index (χ2v) is 14.6. The summed E-state index contributed by atoms with van der Waals surface area (Å²) in [6, 6.07) is 0. The van der Waals surface area contributed by atoms with Crippen LogP contribution >= 0.6 is 42.8 Å². The van der Waals surface area contributed by atoms with Gasteiger partial charge in [-0.1, -0.05) is 92.5 Å². The highest BCUT2D eigenvalue weighted by atomic mass is 32.4. The van der Waals surface area contributed by atoms with Gasteiger partial charge in [-0.2, -0.15) is 0 Å². The van der Waals surface area contributed by atoms with Crippen molar-refractivity contribution in [1.82, 2.24) is 0 Å². The lowest BCUT2D eigenvalue weighted by Crippen LogP contribution is -2.28. The van der Waals surface area contributed by atoms with Gasteiger partial charge in [0.2, 0.25) is 0 Å². The van der Waals surface area contributed by atoms with Crippen LogP contribution in [0.4, 0.5) is 0 Å². The quantitative estimate of drug-likeness (QED) is 0.110. The van der Waals surface area contributed by atoms with Gasteiger partial charge >= 0.3 is 0 Å². The Kier molecular flexibility index (Phi) is 23.1. The Bertz CT molecular complexity index is 398. The summed E-state index contributed by atoms with van der Waals surface area (Å²) in [4.78, 5) is 0. The Morgan fingerprint density at radius 3 is 2.14 bits per heavy atom. The molecule has 0 saturated heterocycles. The molecule has 166 valence electrons. The van der Waals surface area contributed by atoms with Gasteiger partial charge in [0, 0.05) is 21.3 Å². The second kappa shape index (κ2) is 21.8. The average Bonchev–Trinajstić information content (AvgIpc) is 2.67. The van der Waals surface area contributed by atoms with Crippen LogP contribution in [0.3, 0.4) is 0 Å². The molecule has 0 bridgehead atoms. The average molecular weight is 484 g/mol. The summed E-state index contributed by atoms with van der Waals surface area (Å²) in [5.41, 5.74) is 0. The normalized spacial score (nSPS) is 15.0. The molecule has 28 heavy (non-hydrogen) atoms. The van der Waals surface area contributed by atoms with Crippen molar-refractivity contribution < 1.29 is 9.05 Å². The number of rotatable bonds is 18. The highest BCUT2D eigenvalue weighted by Gasteiger charge is 2.23. The van der Waals surface area contributed by atoms with Crippen molar-refractivity contribution in [2.24, 2.45) is 5.92 Å². The molecule has 0 radical (unpaired) electrons. The third kappa shape index (κ3) is 18.4. The zero-order valence-corrected chi connectivity index (χ0v) is 23.8. The molecule has 0 aromatic rings. The van der Waals surface area contributed by atoms with Crippen molar-refractivity contribution in [3.05, 3.63) is 0 Å². The van der Waals surface area contributed by atoms with Gasteiger partial charge in [-0.05, 0) is 31.6 Å². The molecule has 0 N–H and O–H groups in total. The van der Waals surface area contributed by atoms with E-state index in [0.29, 0.717) is 8.50 Å². The lowest BCUT2D eigenvalue weighted by molar-refractivity contribution is 0.0640. The van der Waals surface area contributed by atoms with Crippen LogP contribution in [0, 0.1) is 17.8 Å². The van der Waals surface area contributed by atoms with Crippen LogP contribution in [0.5, 0.6) is 0 Å². The number of hydrogen-bond donors (Lipinski definition) is 0. The summed E-state index contributed by atoms with van der Waals surface area (Å²) in [5, 5.41) is 0. The van der Waals surface area contributed by atoms with E-state index in [4.69, 9.17) is 9.05 Å².